The predicted octanol–water partition coefficient (Wildman–Crippen LogP) is 1.22. The summed E-state index contributed by atoms with van der Waals surface area (Å²) in [5, 5.41) is 6.64. The van der Waals surface area contributed by atoms with E-state index in [2.05, 4.69) is 15.6 Å². The lowest BCUT2D eigenvalue weighted by Gasteiger charge is -2.20. The molecule has 2 rings (SSSR count). The maximum Gasteiger partial charge on any atom is 0.225 e. The van der Waals surface area contributed by atoms with Crippen molar-refractivity contribution in [1.82, 2.24) is 15.5 Å². The molecule has 0 radical (unpaired) electrons. The molecular formula is C17H33IN4O3. The Kier molecular flexibility index (Phi) is 10.7. The molecule has 7 nitrogen and oxygen atoms in total. The van der Waals surface area contributed by atoms with E-state index in [1.54, 1.807) is 7.05 Å². The van der Waals surface area contributed by atoms with Crippen molar-refractivity contribution in [2.24, 2.45) is 10.9 Å². The van der Waals surface area contributed by atoms with E-state index in [0.29, 0.717) is 19.8 Å². The number of nitrogens with one attached hydrogen (secondary N) is 2. The van der Waals surface area contributed by atoms with Crippen molar-refractivity contribution in [1.29, 1.82) is 0 Å². The summed E-state index contributed by atoms with van der Waals surface area (Å²) >= 11 is 0. The number of carbonyl (C=O) groups is 1. The van der Waals surface area contributed by atoms with Crippen LogP contribution in [0.5, 0.6) is 0 Å². The molecule has 1 amide bonds. The van der Waals surface area contributed by atoms with Crippen molar-refractivity contribution in [3.05, 3.63) is 0 Å². The van der Waals surface area contributed by atoms with Gasteiger partial charge in [-0.05, 0) is 19.3 Å². The van der Waals surface area contributed by atoms with Crippen LogP contribution >= 0.6 is 24.0 Å². The van der Waals surface area contributed by atoms with Gasteiger partial charge in [0.1, 0.15) is 0 Å². The summed E-state index contributed by atoms with van der Waals surface area (Å²) in [5.74, 6) is 1.05. The summed E-state index contributed by atoms with van der Waals surface area (Å²) in [6.07, 6.45) is 3.46. The first kappa shape index (κ1) is 22.4. The van der Waals surface area contributed by atoms with E-state index in [9.17, 15) is 4.79 Å². The van der Waals surface area contributed by atoms with Gasteiger partial charge in [-0.25, -0.2) is 0 Å². The fraction of sp³-hybridized carbons (Fsp3) is 0.882. The second-order valence-electron chi connectivity index (χ2n) is 6.78. The Morgan fingerprint density at radius 3 is 2.84 bits per heavy atom. The van der Waals surface area contributed by atoms with Crippen molar-refractivity contribution < 1.29 is 14.3 Å². The molecule has 0 spiro atoms. The third kappa shape index (κ3) is 7.65. The number of aliphatic imine (C=N–C) groups is 1. The molecule has 2 aliphatic rings. The molecule has 25 heavy (non-hydrogen) atoms. The van der Waals surface area contributed by atoms with Crippen LogP contribution in [0.15, 0.2) is 4.99 Å². The Balaban J connectivity index is 0.00000312. The first-order valence-corrected chi connectivity index (χ1v) is 9.05. The quantitative estimate of drug-likeness (QED) is 0.255. The minimum atomic E-state index is 0. The number of amides is 1. The normalized spacial score (nSPS) is 23.7. The van der Waals surface area contributed by atoms with Crippen LogP contribution in [-0.2, 0) is 14.3 Å². The van der Waals surface area contributed by atoms with Crippen LogP contribution in [0, 0.1) is 5.92 Å². The van der Waals surface area contributed by atoms with Crippen molar-refractivity contribution >= 4 is 35.8 Å². The van der Waals surface area contributed by atoms with Gasteiger partial charge in [0.25, 0.3) is 0 Å². The molecule has 2 saturated heterocycles. The number of hydrogen-bond acceptors (Lipinski definition) is 4. The van der Waals surface area contributed by atoms with Crippen molar-refractivity contribution in [2.45, 2.75) is 45.3 Å². The minimum Gasteiger partial charge on any atom is -0.377 e. The van der Waals surface area contributed by atoms with Gasteiger partial charge >= 0.3 is 0 Å². The summed E-state index contributed by atoms with van der Waals surface area (Å²) in [6, 6.07) is 0.256. The van der Waals surface area contributed by atoms with Gasteiger partial charge in [-0.15, -0.1) is 24.0 Å². The van der Waals surface area contributed by atoms with Gasteiger partial charge < -0.3 is 25.0 Å². The second kappa shape index (κ2) is 11.9. The van der Waals surface area contributed by atoms with Crippen LogP contribution in [0.4, 0.5) is 0 Å². The molecule has 2 heterocycles. The molecule has 0 aromatic carbocycles. The summed E-state index contributed by atoms with van der Waals surface area (Å²) in [6.45, 7) is 8.31. The maximum absolute atomic E-state index is 12.0. The number of nitrogens with zero attached hydrogens (tertiary/aromatic N) is 2. The zero-order valence-corrected chi connectivity index (χ0v) is 18.0. The Labute approximate surface area is 168 Å². The molecule has 2 fully saturated rings. The van der Waals surface area contributed by atoms with Crippen LogP contribution < -0.4 is 10.6 Å². The van der Waals surface area contributed by atoms with E-state index in [1.165, 1.54) is 0 Å². The molecule has 2 atom stereocenters. The third-order valence-electron chi connectivity index (χ3n) is 4.42. The highest BCUT2D eigenvalue weighted by atomic mass is 127. The maximum atomic E-state index is 12.0. The van der Waals surface area contributed by atoms with Gasteiger partial charge in [0, 0.05) is 45.2 Å². The summed E-state index contributed by atoms with van der Waals surface area (Å²) in [5.41, 5.74) is 0. The van der Waals surface area contributed by atoms with Gasteiger partial charge in [-0.1, -0.05) is 13.8 Å². The molecule has 0 aromatic heterocycles. The summed E-state index contributed by atoms with van der Waals surface area (Å²) in [7, 11) is 1.76. The number of ether oxygens (including phenoxy) is 2. The number of likely N-dealkylation sites (tertiary alicyclic amines) is 1. The van der Waals surface area contributed by atoms with E-state index in [4.69, 9.17) is 9.47 Å². The largest absolute Gasteiger partial charge is 0.377 e. The SMILES string of the molecule is CN=C(NCCOCC1CCCO1)NC1CCN(C(=O)C(C)C)C1.I. The molecule has 0 aliphatic carbocycles. The lowest BCUT2D eigenvalue weighted by Crippen LogP contribution is -2.46. The van der Waals surface area contributed by atoms with E-state index in [1.807, 2.05) is 18.7 Å². The van der Waals surface area contributed by atoms with Crippen molar-refractivity contribution in [2.75, 3.05) is 46.5 Å². The fourth-order valence-corrected chi connectivity index (χ4v) is 3.06. The molecule has 2 unspecified atom stereocenters. The van der Waals surface area contributed by atoms with Crippen molar-refractivity contribution in [3.63, 3.8) is 0 Å². The predicted molar refractivity (Wildman–Crippen MR) is 110 cm³/mol. The Morgan fingerprint density at radius 2 is 2.20 bits per heavy atom. The van der Waals surface area contributed by atoms with Gasteiger partial charge in [-0.3, -0.25) is 9.79 Å². The van der Waals surface area contributed by atoms with E-state index in [-0.39, 0.29) is 47.9 Å². The monoisotopic (exact) mass is 468 g/mol. The van der Waals surface area contributed by atoms with Gasteiger partial charge in [-0.2, -0.15) is 0 Å². The number of hydrogen-bond donors (Lipinski definition) is 2. The molecule has 8 heteroatoms. The van der Waals surface area contributed by atoms with Gasteiger partial charge in [0.2, 0.25) is 5.91 Å². The average Bonchev–Trinajstić information content (AvgIpc) is 3.24. The zero-order valence-electron chi connectivity index (χ0n) is 15.6. The molecule has 0 aromatic rings. The lowest BCUT2D eigenvalue weighted by atomic mass is 10.2. The molecule has 2 N–H and O–H groups in total. The molecule has 2 aliphatic heterocycles. The minimum absolute atomic E-state index is 0. The Bertz CT molecular complexity index is 428. The average molecular weight is 468 g/mol. The highest BCUT2D eigenvalue weighted by molar-refractivity contribution is 14.0. The first-order valence-electron chi connectivity index (χ1n) is 9.05. The second-order valence-corrected chi connectivity index (χ2v) is 6.78. The third-order valence-corrected chi connectivity index (χ3v) is 4.42. The van der Waals surface area contributed by atoms with E-state index in [0.717, 1.165) is 44.9 Å². The fourth-order valence-electron chi connectivity index (χ4n) is 3.06. The highest BCUT2D eigenvalue weighted by Gasteiger charge is 2.27. The topological polar surface area (TPSA) is 75.2 Å². The van der Waals surface area contributed by atoms with E-state index >= 15 is 0 Å². The molecular weight excluding hydrogens is 435 g/mol. The number of halogens is 1. The van der Waals surface area contributed by atoms with Gasteiger partial charge in [0.15, 0.2) is 5.96 Å². The van der Waals surface area contributed by atoms with E-state index < -0.39 is 0 Å². The van der Waals surface area contributed by atoms with Crippen LogP contribution in [0.25, 0.3) is 0 Å². The Morgan fingerprint density at radius 1 is 1.40 bits per heavy atom. The standard InChI is InChI=1S/C17H32N4O3.HI/c1-13(2)16(22)21-8-6-14(11-21)20-17(18-3)19-7-10-23-12-15-5-4-9-24-15;/h13-15H,4-12H2,1-3H3,(H2,18,19,20);1H. The number of guanidine groups is 1. The van der Waals surface area contributed by atoms with Crippen LogP contribution in [-0.4, -0.2) is 75.4 Å². The van der Waals surface area contributed by atoms with Crippen LogP contribution in [0.2, 0.25) is 0 Å². The van der Waals surface area contributed by atoms with Crippen LogP contribution in [0.3, 0.4) is 0 Å². The smallest absolute Gasteiger partial charge is 0.225 e. The lowest BCUT2D eigenvalue weighted by molar-refractivity contribution is -0.133. The zero-order chi connectivity index (χ0) is 17.4. The molecule has 0 saturated carbocycles. The number of carbonyl (C=O) groups excluding carboxylic acids is 1. The number of rotatable bonds is 7. The van der Waals surface area contributed by atoms with Gasteiger partial charge in [0.05, 0.1) is 19.3 Å². The summed E-state index contributed by atoms with van der Waals surface area (Å²) in [4.78, 5) is 18.2. The highest BCUT2D eigenvalue weighted by Crippen LogP contribution is 2.13. The summed E-state index contributed by atoms with van der Waals surface area (Å²) < 4.78 is 11.2. The van der Waals surface area contributed by atoms with Crippen LogP contribution in [0.1, 0.15) is 33.1 Å². The van der Waals surface area contributed by atoms with Crippen molar-refractivity contribution in [3.8, 4) is 0 Å². The molecule has 146 valence electrons. The molecule has 0 bridgehead atoms. The Hall–Kier alpha value is -0.610. The first-order chi connectivity index (χ1) is 11.6.